The maximum absolute atomic E-state index is 12.7. The Morgan fingerprint density at radius 3 is 2.88 bits per heavy atom. The Kier molecular flexibility index (Phi) is 4.93. The lowest BCUT2D eigenvalue weighted by Crippen LogP contribution is -2.50. The first kappa shape index (κ1) is 16.2. The van der Waals surface area contributed by atoms with Crippen LogP contribution in [0.1, 0.15) is 23.3 Å². The molecule has 1 unspecified atom stereocenters. The third-order valence-electron chi connectivity index (χ3n) is 4.64. The Labute approximate surface area is 149 Å². The van der Waals surface area contributed by atoms with Gasteiger partial charge in [-0.2, -0.15) is 11.3 Å². The van der Waals surface area contributed by atoms with Crippen molar-refractivity contribution in [3.63, 3.8) is 0 Å². The van der Waals surface area contributed by atoms with Gasteiger partial charge in [0, 0.05) is 55.7 Å². The van der Waals surface area contributed by atoms with E-state index in [-0.39, 0.29) is 5.91 Å². The molecule has 0 aromatic carbocycles. The number of nitrogens with zero attached hydrogens (tertiary/aromatic N) is 3. The van der Waals surface area contributed by atoms with Gasteiger partial charge in [-0.05, 0) is 24.3 Å². The Bertz CT molecular complexity index is 672. The van der Waals surface area contributed by atoms with Crippen LogP contribution < -0.4 is 0 Å². The summed E-state index contributed by atoms with van der Waals surface area (Å²) in [5.74, 6) is 0.0597. The second-order valence-corrected chi connectivity index (χ2v) is 7.92. The fourth-order valence-corrected chi connectivity index (χ4v) is 4.77. The summed E-state index contributed by atoms with van der Waals surface area (Å²) in [6.45, 7) is 5.30. The molecule has 128 valence electrons. The van der Waals surface area contributed by atoms with Crippen LogP contribution in [0.15, 0.2) is 22.2 Å². The highest BCUT2D eigenvalue weighted by Gasteiger charge is 2.26. The first-order valence-corrected chi connectivity index (χ1v) is 10.2. The molecule has 2 fully saturated rings. The Morgan fingerprint density at radius 1 is 1.29 bits per heavy atom. The summed E-state index contributed by atoms with van der Waals surface area (Å²) in [6, 6.07) is 2.04. The number of hydrogen-bond acceptors (Lipinski definition) is 6. The predicted molar refractivity (Wildman–Crippen MR) is 96.7 cm³/mol. The zero-order chi connectivity index (χ0) is 16.4. The molecule has 2 saturated heterocycles. The van der Waals surface area contributed by atoms with Gasteiger partial charge in [-0.15, -0.1) is 11.3 Å². The molecule has 5 nitrogen and oxygen atoms in total. The SMILES string of the molecule is O=C(c1csc(-c2ccsc2)n1)N1CCN(CC2CCCO2)CC1. The maximum atomic E-state index is 12.7. The molecule has 1 amide bonds. The van der Waals surface area contributed by atoms with E-state index < -0.39 is 0 Å². The molecular formula is C17H21N3O2S2. The van der Waals surface area contributed by atoms with Crippen molar-refractivity contribution in [2.24, 2.45) is 0 Å². The van der Waals surface area contributed by atoms with Crippen molar-refractivity contribution in [2.45, 2.75) is 18.9 Å². The molecule has 0 saturated carbocycles. The van der Waals surface area contributed by atoms with E-state index in [4.69, 9.17) is 4.74 Å². The van der Waals surface area contributed by atoms with Crippen LogP contribution in [0.5, 0.6) is 0 Å². The molecule has 2 aromatic heterocycles. The lowest BCUT2D eigenvalue weighted by atomic mass is 10.2. The molecule has 0 radical (unpaired) electrons. The van der Waals surface area contributed by atoms with Gasteiger partial charge >= 0.3 is 0 Å². The van der Waals surface area contributed by atoms with Crippen LogP contribution in [0.4, 0.5) is 0 Å². The molecular weight excluding hydrogens is 342 g/mol. The number of amides is 1. The lowest BCUT2D eigenvalue weighted by Gasteiger charge is -2.35. The molecule has 1 atom stereocenters. The van der Waals surface area contributed by atoms with Crippen LogP contribution in [-0.2, 0) is 4.74 Å². The number of carbonyl (C=O) groups is 1. The van der Waals surface area contributed by atoms with Crippen LogP contribution in [0.3, 0.4) is 0 Å². The number of thiophene rings is 1. The summed E-state index contributed by atoms with van der Waals surface area (Å²) < 4.78 is 5.71. The highest BCUT2D eigenvalue weighted by molar-refractivity contribution is 7.14. The Hall–Kier alpha value is -1.28. The number of carbonyl (C=O) groups excluding carboxylic acids is 1. The molecule has 2 aromatic rings. The van der Waals surface area contributed by atoms with Crippen molar-refractivity contribution in [1.29, 1.82) is 0 Å². The minimum absolute atomic E-state index is 0.0597. The monoisotopic (exact) mass is 363 g/mol. The van der Waals surface area contributed by atoms with Gasteiger partial charge in [-0.3, -0.25) is 9.69 Å². The summed E-state index contributed by atoms with van der Waals surface area (Å²) in [6.07, 6.45) is 2.74. The van der Waals surface area contributed by atoms with Crippen LogP contribution in [0, 0.1) is 0 Å². The average Bonchev–Trinajstić information content (AvgIpc) is 3.36. The van der Waals surface area contributed by atoms with E-state index in [0.29, 0.717) is 11.8 Å². The summed E-state index contributed by atoms with van der Waals surface area (Å²) in [5, 5.41) is 6.91. The smallest absolute Gasteiger partial charge is 0.273 e. The van der Waals surface area contributed by atoms with E-state index in [0.717, 1.165) is 49.9 Å². The summed E-state index contributed by atoms with van der Waals surface area (Å²) >= 11 is 3.19. The Balaban J connectivity index is 1.33. The molecule has 24 heavy (non-hydrogen) atoms. The van der Waals surface area contributed by atoms with Crippen molar-refractivity contribution in [2.75, 3.05) is 39.3 Å². The van der Waals surface area contributed by atoms with E-state index in [1.165, 1.54) is 12.8 Å². The minimum atomic E-state index is 0.0597. The molecule has 7 heteroatoms. The van der Waals surface area contributed by atoms with Gasteiger partial charge < -0.3 is 9.64 Å². The summed E-state index contributed by atoms with van der Waals surface area (Å²) in [5.41, 5.74) is 1.68. The van der Waals surface area contributed by atoms with Crippen molar-refractivity contribution >= 4 is 28.6 Å². The van der Waals surface area contributed by atoms with E-state index in [2.05, 4.69) is 15.3 Å². The van der Waals surface area contributed by atoms with Gasteiger partial charge in [0.05, 0.1) is 6.10 Å². The first-order valence-electron chi connectivity index (χ1n) is 8.41. The maximum Gasteiger partial charge on any atom is 0.273 e. The molecule has 0 spiro atoms. The fourth-order valence-electron chi connectivity index (χ4n) is 3.26. The predicted octanol–water partition coefficient (Wildman–Crippen LogP) is 2.81. The quantitative estimate of drug-likeness (QED) is 0.838. The number of aromatic nitrogens is 1. The van der Waals surface area contributed by atoms with Crippen LogP contribution in [-0.4, -0.2) is 66.1 Å². The third kappa shape index (κ3) is 3.54. The minimum Gasteiger partial charge on any atom is -0.377 e. The number of ether oxygens (including phenoxy) is 1. The number of piperazine rings is 1. The molecule has 0 bridgehead atoms. The van der Waals surface area contributed by atoms with Crippen molar-refractivity contribution < 1.29 is 9.53 Å². The standard InChI is InChI=1S/C17H21N3O2S2/c21-17(15-12-24-16(18-15)13-3-9-23-11-13)20-6-4-19(5-7-20)10-14-2-1-8-22-14/h3,9,11-12,14H,1-2,4-8,10H2. The normalized spacial score (nSPS) is 22.2. The lowest BCUT2D eigenvalue weighted by molar-refractivity contribution is 0.0430. The Morgan fingerprint density at radius 2 is 2.17 bits per heavy atom. The largest absolute Gasteiger partial charge is 0.377 e. The summed E-state index contributed by atoms with van der Waals surface area (Å²) in [7, 11) is 0. The fraction of sp³-hybridized carbons (Fsp3) is 0.529. The van der Waals surface area contributed by atoms with E-state index in [1.54, 1.807) is 22.7 Å². The molecule has 4 heterocycles. The third-order valence-corrected chi connectivity index (χ3v) is 6.21. The van der Waals surface area contributed by atoms with E-state index in [1.807, 2.05) is 21.7 Å². The zero-order valence-electron chi connectivity index (χ0n) is 13.5. The van der Waals surface area contributed by atoms with Crippen molar-refractivity contribution in [3.05, 3.63) is 27.9 Å². The van der Waals surface area contributed by atoms with Gasteiger partial charge in [0.25, 0.3) is 5.91 Å². The molecule has 2 aliphatic rings. The molecule has 0 N–H and O–H groups in total. The van der Waals surface area contributed by atoms with Gasteiger partial charge in [-0.25, -0.2) is 4.98 Å². The van der Waals surface area contributed by atoms with Crippen molar-refractivity contribution in [1.82, 2.24) is 14.8 Å². The average molecular weight is 364 g/mol. The zero-order valence-corrected chi connectivity index (χ0v) is 15.2. The van der Waals surface area contributed by atoms with Gasteiger partial charge in [0.15, 0.2) is 0 Å². The van der Waals surface area contributed by atoms with Crippen LogP contribution in [0.25, 0.3) is 10.6 Å². The molecule has 0 aliphatic carbocycles. The van der Waals surface area contributed by atoms with Gasteiger partial charge in [0.1, 0.15) is 10.7 Å². The summed E-state index contributed by atoms with van der Waals surface area (Å²) in [4.78, 5) is 21.5. The van der Waals surface area contributed by atoms with E-state index >= 15 is 0 Å². The van der Waals surface area contributed by atoms with E-state index in [9.17, 15) is 4.79 Å². The number of thiazole rings is 1. The van der Waals surface area contributed by atoms with Crippen LogP contribution >= 0.6 is 22.7 Å². The molecule has 4 rings (SSSR count). The van der Waals surface area contributed by atoms with Gasteiger partial charge in [0.2, 0.25) is 0 Å². The number of hydrogen-bond donors (Lipinski definition) is 0. The van der Waals surface area contributed by atoms with Crippen molar-refractivity contribution in [3.8, 4) is 10.6 Å². The highest BCUT2D eigenvalue weighted by atomic mass is 32.1. The topological polar surface area (TPSA) is 45.7 Å². The highest BCUT2D eigenvalue weighted by Crippen LogP contribution is 2.26. The number of rotatable bonds is 4. The molecule has 2 aliphatic heterocycles. The second-order valence-electron chi connectivity index (χ2n) is 6.28. The van der Waals surface area contributed by atoms with Gasteiger partial charge in [-0.1, -0.05) is 0 Å². The first-order chi connectivity index (χ1) is 11.8. The second kappa shape index (κ2) is 7.31. The van der Waals surface area contributed by atoms with Crippen LogP contribution in [0.2, 0.25) is 0 Å².